The SMILES string of the molecule is CC1CC(C#N)(C(=O)N2CC(C)C(N(C)C)C2)C1. The van der Waals surface area contributed by atoms with Crippen LogP contribution >= 0.6 is 0 Å². The van der Waals surface area contributed by atoms with Gasteiger partial charge in [0.1, 0.15) is 5.41 Å². The average molecular weight is 249 g/mol. The maximum absolute atomic E-state index is 12.5. The summed E-state index contributed by atoms with van der Waals surface area (Å²) in [6.45, 7) is 5.85. The van der Waals surface area contributed by atoms with Crippen molar-refractivity contribution in [3.63, 3.8) is 0 Å². The number of nitriles is 1. The maximum atomic E-state index is 12.5. The van der Waals surface area contributed by atoms with Gasteiger partial charge >= 0.3 is 0 Å². The largest absolute Gasteiger partial charge is 0.339 e. The van der Waals surface area contributed by atoms with E-state index in [-0.39, 0.29) is 5.91 Å². The third-order valence-electron chi connectivity index (χ3n) is 4.54. The molecule has 1 aliphatic carbocycles. The number of nitrogens with zero attached hydrogens (tertiary/aromatic N) is 3. The number of likely N-dealkylation sites (N-methyl/N-ethyl adjacent to an activating group) is 1. The fourth-order valence-electron chi connectivity index (χ4n) is 3.53. The molecule has 4 nitrogen and oxygen atoms in total. The van der Waals surface area contributed by atoms with E-state index >= 15 is 0 Å². The lowest BCUT2D eigenvalue weighted by Crippen LogP contribution is -2.49. The first-order valence-corrected chi connectivity index (χ1v) is 6.76. The zero-order chi connectivity index (χ0) is 13.5. The maximum Gasteiger partial charge on any atom is 0.243 e. The second kappa shape index (κ2) is 4.55. The van der Waals surface area contributed by atoms with Crippen LogP contribution in [0.1, 0.15) is 26.7 Å². The van der Waals surface area contributed by atoms with Crippen LogP contribution in [0, 0.1) is 28.6 Å². The van der Waals surface area contributed by atoms with Gasteiger partial charge in [0.15, 0.2) is 0 Å². The first-order chi connectivity index (χ1) is 8.39. The Balaban J connectivity index is 2.06. The molecule has 4 heteroatoms. The summed E-state index contributed by atoms with van der Waals surface area (Å²) in [6.07, 6.45) is 1.47. The lowest BCUT2D eigenvalue weighted by Gasteiger charge is -2.41. The number of rotatable bonds is 2. The van der Waals surface area contributed by atoms with Crippen LogP contribution in [-0.4, -0.2) is 48.9 Å². The van der Waals surface area contributed by atoms with E-state index in [4.69, 9.17) is 0 Å². The first kappa shape index (κ1) is 13.4. The molecule has 2 fully saturated rings. The van der Waals surface area contributed by atoms with E-state index in [2.05, 4.69) is 38.9 Å². The van der Waals surface area contributed by atoms with Crippen molar-refractivity contribution in [1.29, 1.82) is 5.26 Å². The average Bonchev–Trinajstić information content (AvgIpc) is 2.66. The number of amides is 1. The number of likely N-dealkylation sites (tertiary alicyclic amines) is 1. The summed E-state index contributed by atoms with van der Waals surface area (Å²) in [4.78, 5) is 16.6. The summed E-state index contributed by atoms with van der Waals surface area (Å²) in [5, 5.41) is 9.32. The Morgan fingerprint density at radius 3 is 2.33 bits per heavy atom. The van der Waals surface area contributed by atoms with Gasteiger partial charge in [-0.15, -0.1) is 0 Å². The topological polar surface area (TPSA) is 47.3 Å². The molecule has 2 atom stereocenters. The number of hydrogen-bond donors (Lipinski definition) is 0. The summed E-state index contributed by atoms with van der Waals surface area (Å²) in [6, 6.07) is 2.69. The van der Waals surface area contributed by atoms with Crippen molar-refractivity contribution >= 4 is 5.91 Å². The fourth-order valence-corrected chi connectivity index (χ4v) is 3.53. The lowest BCUT2D eigenvalue weighted by molar-refractivity contribution is -0.144. The molecule has 0 aromatic rings. The van der Waals surface area contributed by atoms with E-state index in [1.807, 2.05) is 4.90 Å². The van der Waals surface area contributed by atoms with Crippen LogP contribution in [0.15, 0.2) is 0 Å². The summed E-state index contributed by atoms with van der Waals surface area (Å²) >= 11 is 0. The molecule has 0 bridgehead atoms. The van der Waals surface area contributed by atoms with Crippen molar-refractivity contribution in [1.82, 2.24) is 9.80 Å². The quantitative estimate of drug-likeness (QED) is 0.742. The fraction of sp³-hybridized carbons (Fsp3) is 0.857. The van der Waals surface area contributed by atoms with Gasteiger partial charge in [-0.05, 0) is 38.8 Å². The van der Waals surface area contributed by atoms with Crippen molar-refractivity contribution in [2.24, 2.45) is 17.3 Å². The second-order valence-corrected chi connectivity index (χ2v) is 6.43. The standard InChI is InChI=1S/C14H23N3O/c1-10-5-14(6-10,9-15)13(18)17-7-11(2)12(8-17)16(3)4/h10-12H,5-8H2,1-4H3. The van der Waals surface area contributed by atoms with Gasteiger partial charge in [-0.2, -0.15) is 5.26 Å². The molecule has 0 spiro atoms. The summed E-state index contributed by atoms with van der Waals surface area (Å²) in [5.41, 5.74) is -0.708. The van der Waals surface area contributed by atoms with E-state index in [1.165, 1.54) is 0 Å². The summed E-state index contributed by atoms with van der Waals surface area (Å²) < 4.78 is 0. The lowest BCUT2D eigenvalue weighted by atomic mass is 9.63. The Morgan fingerprint density at radius 2 is 1.94 bits per heavy atom. The molecule has 100 valence electrons. The van der Waals surface area contributed by atoms with E-state index in [0.717, 1.165) is 25.9 Å². The van der Waals surface area contributed by atoms with Crippen LogP contribution in [0.4, 0.5) is 0 Å². The van der Waals surface area contributed by atoms with Gasteiger partial charge in [0, 0.05) is 19.1 Å². The molecule has 0 N–H and O–H groups in total. The van der Waals surface area contributed by atoms with Gasteiger partial charge in [0.2, 0.25) is 5.91 Å². The molecule has 18 heavy (non-hydrogen) atoms. The highest BCUT2D eigenvalue weighted by atomic mass is 16.2. The Morgan fingerprint density at radius 1 is 1.33 bits per heavy atom. The predicted molar refractivity (Wildman–Crippen MR) is 69.7 cm³/mol. The van der Waals surface area contributed by atoms with Crippen molar-refractivity contribution in [2.45, 2.75) is 32.7 Å². The molecule has 1 aliphatic heterocycles. The van der Waals surface area contributed by atoms with Crippen molar-refractivity contribution in [3.8, 4) is 6.07 Å². The monoisotopic (exact) mass is 249 g/mol. The Labute approximate surface area is 110 Å². The Kier molecular flexibility index (Phi) is 3.37. The van der Waals surface area contributed by atoms with E-state index < -0.39 is 5.41 Å². The van der Waals surface area contributed by atoms with Gasteiger partial charge in [-0.3, -0.25) is 4.79 Å². The first-order valence-electron chi connectivity index (χ1n) is 6.76. The van der Waals surface area contributed by atoms with Crippen LogP contribution in [0.2, 0.25) is 0 Å². The molecule has 2 unspecified atom stereocenters. The highest BCUT2D eigenvalue weighted by Gasteiger charge is 2.52. The number of carbonyl (C=O) groups excluding carboxylic acids is 1. The number of hydrogen-bond acceptors (Lipinski definition) is 3. The molecule has 0 aromatic carbocycles. The predicted octanol–water partition coefficient (Wildman–Crippen LogP) is 1.33. The Hall–Kier alpha value is -1.08. The molecular weight excluding hydrogens is 226 g/mol. The zero-order valence-corrected chi connectivity index (χ0v) is 11.8. The summed E-state index contributed by atoms with van der Waals surface area (Å²) in [7, 11) is 4.11. The van der Waals surface area contributed by atoms with E-state index in [1.54, 1.807) is 0 Å². The van der Waals surface area contributed by atoms with Crippen LogP contribution in [-0.2, 0) is 4.79 Å². The third-order valence-corrected chi connectivity index (χ3v) is 4.54. The second-order valence-electron chi connectivity index (χ2n) is 6.43. The molecule has 1 saturated heterocycles. The minimum atomic E-state index is -0.708. The molecular formula is C14H23N3O. The van der Waals surface area contributed by atoms with Crippen LogP contribution in [0.25, 0.3) is 0 Å². The van der Waals surface area contributed by atoms with Gasteiger partial charge in [-0.25, -0.2) is 0 Å². The van der Waals surface area contributed by atoms with Crippen LogP contribution in [0.3, 0.4) is 0 Å². The Bertz CT molecular complexity index is 379. The highest BCUT2D eigenvalue weighted by molar-refractivity contribution is 5.87. The van der Waals surface area contributed by atoms with Crippen molar-refractivity contribution in [3.05, 3.63) is 0 Å². The third kappa shape index (κ3) is 2.01. The van der Waals surface area contributed by atoms with Crippen molar-refractivity contribution < 1.29 is 4.79 Å². The highest BCUT2D eigenvalue weighted by Crippen LogP contribution is 2.46. The van der Waals surface area contributed by atoms with Gasteiger partial charge in [0.25, 0.3) is 0 Å². The zero-order valence-electron chi connectivity index (χ0n) is 11.8. The summed E-state index contributed by atoms with van der Waals surface area (Å²) in [5.74, 6) is 1.06. The normalized spacial score (nSPS) is 39.6. The van der Waals surface area contributed by atoms with Gasteiger partial charge < -0.3 is 9.80 Å². The van der Waals surface area contributed by atoms with E-state index in [0.29, 0.717) is 17.9 Å². The molecule has 2 aliphatic rings. The molecule has 1 saturated carbocycles. The molecule has 1 heterocycles. The van der Waals surface area contributed by atoms with Crippen LogP contribution < -0.4 is 0 Å². The molecule has 0 aromatic heterocycles. The molecule has 0 radical (unpaired) electrons. The smallest absolute Gasteiger partial charge is 0.243 e. The van der Waals surface area contributed by atoms with E-state index in [9.17, 15) is 10.1 Å². The van der Waals surface area contributed by atoms with Gasteiger partial charge in [0.05, 0.1) is 6.07 Å². The molecule has 1 amide bonds. The van der Waals surface area contributed by atoms with Crippen LogP contribution in [0.5, 0.6) is 0 Å². The molecule has 2 rings (SSSR count). The van der Waals surface area contributed by atoms with Gasteiger partial charge in [-0.1, -0.05) is 13.8 Å². The van der Waals surface area contributed by atoms with Crippen molar-refractivity contribution in [2.75, 3.05) is 27.2 Å². The number of carbonyl (C=O) groups is 1. The minimum Gasteiger partial charge on any atom is -0.339 e. The minimum absolute atomic E-state index is 0.0688.